The van der Waals surface area contributed by atoms with Crippen LogP contribution in [0.4, 0.5) is 10.1 Å². The molecule has 0 fully saturated rings. The Balaban J connectivity index is 2.45. The highest BCUT2D eigenvalue weighted by molar-refractivity contribution is 9.10. The van der Waals surface area contributed by atoms with E-state index < -0.39 is 9.83 Å². The Bertz CT molecular complexity index is 693. The van der Waals surface area contributed by atoms with Gasteiger partial charge in [-0.25, -0.2) is 4.31 Å². The Hall–Kier alpha value is -0.750. The molecule has 0 aliphatic heterocycles. The summed E-state index contributed by atoms with van der Waals surface area (Å²) in [5.41, 5.74) is 1.81. The average molecular weight is 423 g/mol. The van der Waals surface area contributed by atoms with Gasteiger partial charge >= 0.3 is 3.92 Å². The van der Waals surface area contributed by atoms with Crippen molar-refractivity contribution in [1.82, 2.24) is 0 Å². The van der Waals surface area contributed by atoms with E-state index in [1.165, 1.54) is 0 Å². The van der Waals surface area contributed by atoms with Crippen molar-refractivity contribution in [2.45, 2.75) is 10.8 Å². The summed E-state index contributed by atoms with van der Waals surface area (Å²) in [5, 5.41) is 0. The van der Waals surface area contributed by atoms with E-state index in [0.717, 1.165) is 9.87 Å². The highest BCUT2D eigenvalue weighted by atomic mass is 79.9. The van der Waals surface area contributed by atoms with Gasteiger partial charge in [-0.3, -0.25) is 4.79 Å². The number of carbonyl (C=O) groups is 1. The van der Waals surface area contributed by atoms with Crippen LogP contribution in [0, 0.1) is 6.92 Å². The van der Waals surface area contributed by atoms with Crippen molar-refractivity contribution < 1.29 is 9.18 Å². The minimum absolute atomic E-state index is 0.383. The summed E-state index contributed by atoms with van der Waals surface area (Å²) in [6.07, 6.45) is 0. The number of rotatable bonds is 4. The van der Waals surface area contributed by atoms with Crippen molar-refractivity contribution in [3.63, 3.8) is 0 Å². The monoisotopic (exact) mass is 421 g/mol. The van der Waals surface area contributed by atoms with Crippen molar-refractivity contribution in [2.24, 2.45) is 0 Å². The zero-order valence-corrected chi connectivity index (χ0v) is 15.3. The van der Waals surface area contributed by atoms with Crippen LogP contribution in [0.1, 0.15) is 15.9 Å². The van der Waals surface area contributed by atoms with E-state index >= 15 is 0 Å². The summed E-state index contributed by atoms with van der Waals surface area (Å²) in [6, 6.07) is 14.0. The van der Waals surface area contributed by atoms with Gasteiger partial charge in [0.1, 0.15) is 0 Å². The van der Waals surface area contributed by atoms with Crippen LogP contribution in [0.25, 0.3) is 0 Å². The van der Waals surface area contributed by atoms with E-state index in [-0.39, 0.29) is 0 Å². The first-order valence-electron chi connectivity index (χ1n) is 6.19. The maximum absolute atomic E-state index is 13.7. The van der Waals surface area contributed by atoms with Crippen LogP contribution >= 0.6 is 51.1 Å². The van der Waals surface area contributed by atoms with Gasteiger partial charge in [-0.1, -0.05) is 47.5 Å². The molecule has 22 heavy (non-hydrogen) atoms. The maximum atomic E-state index is 13.7. The SMILES string of the molecule is Cc1cccc(N(SC(F)(Cl)Cl)C(=O)c2ccccc2Br)c1. The predicted octanol–water partition coefficient (Wildman–Crippen LogP) is 6.11. The smallest absolute Gasteiger partial charge is 0.268 e. The Labute approximate surface area is 150 Å². The number of aryl methyl sites for hydroxylation is 1. The van der Waals surface area contributed by atoms with Gasteiger partial charge in [0, 0.05) is 16.4 Å². The first-order valence-corrected chi connectivity index (χ1v) is 8.52. The van der Waals surface area contributed by atoms with Gasteiger partial charge in [0.15, 0.2) is 0 Å². The molecule has 0 radical (unpaired) electrons. The van der Waals surface area contributed by atoms with Crippen LogP contribution in [0.15, 0.2) is 53.0 Å². The fraction of sp³-hybridized carbons (Fsp3) is 0.133. The number of hydrogen-bond acceptors (Lipinski definition) is 2. The van der Waals surface area contributed by atoms with Crippen molar-refractivity contribution in [1.29, 1.82) is 0 Å². The Morgan fingerprint density at radius 1 is 1.23 bits per heavy atom. The second-order valence-electron chi connectivity index (χ2n) is 4.46. The molecule has 2 aromatic rings. The second kappa shape index (κ2) is 7.21. The van der Waals surface area contributed by atoms with Crippen molar-refractivity contribution in [3.8, 4) is 0 Å². The minimum Gasteiger partial charge on any atom is -0.268 e. The van der Waals surface area contributed by atoms with Crippen LogP contribution in [-0.4, -0.2) is 9.83 Å². The van der Waals surface area contributed by atoms with E-state index in [2.05, 4.69) is 15.9 Å². The molecular weight excluding hydrogens is 412 g/mol. The van der Waals surface area contributed by atoms with Crippen LogP contribution < -0.4 is 4.31 Å². The predicted molar refractivity (Wildman–Crippen MR) is 95.3 cm³/mol. The van der Waals surface area contributed by atoms with E-state index in [1.54, 1.807) is 42.5 Å². The highest BCUT2D eigenvalue weighted by Crippen LogP contribution is 2.42. The Morgan fingerprint density at radius 2 is 1.91 bits per heavy atom. The summed E-state index contributed by atoms with van der Waals surface area (Å²) in [6.45, 7) is 1.87. The third-order valence-electron chi connectivity index (χ3n) is 2.72. The summed E-state index contributed by atoms with van der Waals surface area (Å²) in [5.74, 6) is -0.425. The quantitative estimate of drug-likeness (QED) is 0.437. The molecule has 0 saturated heterocycles. The highest BCUT2D eigenvalue weighted by Gasteiger charge is 2.32. The summed E-state index contributed by atoms with van der Waals surface area (Å²) in [7, 11) is 0. The van der Waals surface area contributed by atoms with E-state index in [0.29, 0.717) is 27.7 Å². The normalized spacial score (nSPS) is 11.3. The Morgan fingerprint density at radius 3 is 2.50 bits per heavy atom. The summed E-state index contributed by atoms with van der Waals surface area (Å²) in [4.78, 5) is 12.7. The zero-order valence-electron chi connectivity index (χ0n) is 11.4. The number of amides is 1. The van der Waals surface area contributed by atoms with Crippen molar-refractivity contribution in [3.05, 3.63) is 64.1 Å². The molecule has 0 unspecified atom stereocenters. The number of halogens is 4. The summed E-state index contributed by atoms with van der Waals surface area (Å²) < 4.78 is 12.8. The number of anilines is 1. The lowest BCUT2D eigenvalue weighted by molar-refractivity contribution is 0.101. The molecule has 0 aromatic heterocycles. The maximum Gasteiger partial charge on any atom is 0.324 e. The first kappa shape index (κ1) is 17.6. The lowest BCUT2D eigenvalue weighted by atomic mass is 10.2. The topological polar surface area (TPSA) is 20.3 Å². The van der Waals surface area contributed by atoms with Gasteiger partial charge in [-0.15, -0.1) is 0 Å². The van der Waals surface area contributed by atoms with E-state index in [9.17, 15) is 9.18 Å². The molecule has 2 aromatic carbocycles. The van der Waals surface area contributed by atoms with Gasteiger partial charge in [-0.05, 0) is 52.7 Å². The van der Waals surface area contributed by atoms with E-state index in [1.807, 2.05) is 13.0 Å². The second-order valence-corrected chi connectivity index (χ2v) is 8.10. The lowest BCUT2D eigenvalue weighted by Crippen LogP contribution is -2.27. The molecule has 0 heterocycles. The minimum atomic E-state index is -2.62. The molecule has 7 heteroatoms. The average Bonchev–Trinajstić information content (AvgIpc) is 2.44. The third-order valence-corrected chi connectivity index (χ3v) is 4.59. The molecule has 116 valence electrons. The Kier molecular flexibility index (Phi) is 5.77. The molecule has 0 aliphatic carbocycles. The molecule has 0 saturated carbocycles. The molecule has 0 N–H and O–H groups in total. The molecular formula is C15H11BrCl2FNOS. The van der Waals surface area contributed by atoms with Gasteiger partial charge in [-0.2, -0.15) is 4.39 Å². The molecule has 2 rings (SSSR count). The number of carbonyl (C=O) groups excluding carboxylic acids is 1. The number of alkyl halides is 3. The standard InChI is InChI=1S/C15H11BrCl2FNOS/c1-10-5-4-6-11(9-10)20(22-15(17,18)19)14(21)12-7-2-3-8-13(12)16/h2-9H,1H3. The molecule has 0 bridgehead atoms. The van der Waals surface area contributed by atoms with Crippen LogP contribution in [0.2, 0.25) is 0 Å². The fourth-order valence-corrected chi connectivity index (χ4v) is 3.29. The molecule has 2 nitrogen and oxygen atoms in total. The van der Waals surface area contributed by atoms with Gasteiger partial charge < -0.3 is 0 Å². The summed E-state index contributed by atoms with van der Waals surface area (Å²) >= 11 is 14.6. The van der Waals surface area contributed by atoms with E-state index in [4.69, 9.17) is 23.2 Å². The van der Waals surface area contributed by atoms with Crippen LogP contribution in [0.5, 0.6) is 0 Å². The fourth-order valence-electron chi connectivity index (χ4n) is 1.81. The third kappa shape index (κ3) is 4.62. The first-order chi connectivity index (χ1) is 10.3. The number of hydrogen-bond donors (Lipinski definition) is 0. The zero-order chi connectivity index (χ0) is 16.3. The molecule has 1 amide bonds. The molecule has 0 aliphatic rings. The van der Waals surface area contributed by atoms with Crippen LogP contribution in [-0.2, 0) is 0 Å². The lowest BCUT2D eigenvalue weighted by Gasteiger charge is -2.24. The van der Waals surface area contributed by atoms with Gasteiger partial charge in [0.05, 0.1) is 11.3 Å². The number of nitrogens with zero attached hydrogens (tertiary/aromatic N) is 1. The molecule has 0 atom stereocenters. The van der Waals surface area contributed by atoms with Crippen molar-refractivity contribution in [2.75, 3.05) is 4.31 Å². The van der Waals surface area contributed by atoms with Crippen molar-refractivity contribution >= 4 is 62.7 Å². The largest absolute Gasteiger partial charge is 0.324 e. The number of benzene rings is 2. The van der Waals surface area contributed by atoms with Gasteiger partial charge in [0.2, 0.25) is 0 Å². The molecule has 0 spiro atoms. The van der Waals surface area contributed by atoms with Crippen LogP contribution in [0.3, 0.4) is 0 Å². The van der Waals surface area contributed by atoms with Gasteiger partial charge in [0.25, 0.3) is 5.91 Å².